The number of hydrogen-bond donors (Lipinski definition) is 0. The summed E-state index contributed by atoms with van der Waals surface area (Å²) in [6.07, 6.45) is 0. The highest BCUT2D eigenvalue weighted by Gasteiger charge is 2.00. The second kappa shape index (κ2) is 2.76. The maximum absolute atomic E-state index is 10.8. The van der Waals surface area contributed by atoms with Crippen molar-refractivity contribution >= 4 is 11.0 Å². The Morgan fingerprint density at radius 3 is 2.85 bits per heavy atom. The zero-order valence-electron chi connectivity index (χ0n) is 6.65. The van der Waals surface area contributed by atoms with Crippen molar-refractivity contribution in [2.24, 2.45) is 0 Å². The minimum absolute atomic E-state index is 0.400. The van der Waals surface area contributed by atoms with E-state index in [-0.39, 0.29) is 0 Å². The highest BCUT2D eigenvalue weighted by atomic mass is 16.4. The zero-order valence-corrected chi connectivity index (χ0v) is 6.65. The summed E-state index contributed by atoms with van der Waals surface area (Å²) < 4.78 is 4.90. The topological polar surface area (TPSA) is 54.0 Å². The summed E-state index contributed by atoms with van der Waals surface area (Å²) in [5.41, 5.74) is 0.565. The van der Waals surface area contributed by atoms with E-state index in [1.165, 1.54) is 6.07 Å². The van der Waals surface area contributed by atoms with Crippen molar-refractivity contribution in [1.29, 1.82) is 5.26 Å². The Hall–Kier alpha value is -2.08. The Morgan fingerprint density at radius 1 is 1.23 bits per heavy atom. The minimum atomic E-state index is -0.400. The molecular formula is C10H5NO2. The fraction of sp³-hybridized carbons (Fsp3) is 0. The highest BCUT2D eigenvalue weighted by Crippen LogP contribution is 2.15. The molecule has 0 N–H and O–H groups in total. The summed E-state index contributed by atoms with van der Waals surface area (Å²) in [5, 5.41) is 9.41. The first-order chi connectivity index (χ1) is 6.31. The average molecular weight is 171 g/mol. The molecule has 0 saturated carbocycles. The Kier molecular flexibility index (Phi) is 1.60. The highest BCUT2D eigenvalue weighted by molar-refractivity contribution is 5.82. The Morgan fingerprint density at radius 2 is 2.08 bits per heavy atom. The molecule has 0 aliphatic carbocycles. The van der Waals surface area contributed by atoms with Crippen LogP contribution in [0.2, 0.25) is 0 Å². The van der Waals surface area contributed by atoms with Gasteiger partial charge in [-0.25, -0.2) is 4.79 Å². The molecule has 62 valence electrons. The smallest absolute Gasteiger partial charge is 0.336 e. The van der Waals surface area contributed by atoms with Gasteiger partial charge in [0.05, 0.1) is 11.6 Å². The molecule has 2 aromatic rings. The first-order valence-electron chi connectivity index (χ1n) is 3.74. The molecule has 0 aliphatic rings. The van der Waals surface area contributed by atoms with Gasteiger partial charge in [-0.15, -0.1) is 0 Å². The third-order valence-electron chi connectivity index (χ3n) is 1.78. The molecule has 1 aromatic heterocycles. The van der Waals surface area contributed by atoms with Gasteiger partial charge in [-0.3, -0.25) is 0 Å². The fourth-order valence-electron chi connectivity index (χ4n) is 1.20. The van der Waals surface area contributed by atoms with E-state index in [9.17, 15) is 4.79 Å². The molecule has 2 rings (SSSR count). The molecule has 0 unspecified atom stereocenters. The van der Waals surface area contributed by atoms with Crippen molar-refractivity contribution in [2.75, 3.05) is 0 Å². The third-order valence-corrected chi connectivity index (χ3v) is 1.78. The first kappa shape index (κ1) is 7.56. The largest absolute Gasteiger partial charge is 0.423 e. The molecule has 1 aromatic carbocycles. The van der Waals surface area contributed by atoms with Crippen LogP contribution in [0.4, 0.5) is 0 Å². The van der Waals surface area contributed by atoms with Gasteiger partial charge in [0.2, 0.25) is 0 Å². The van der Waals surface area contributed by atoms with Gasteiger partial charge in [-0.05, 0) is 18.2 Å². The van der Waals surface area contributed by atoms with Crippen LogP contribution in [-0.4, -0.2) is 0 Å². The predicted molar refractivity (Wildman–Crippen MR) is 47.2 cm³/mol. The van der Waals surface area contributed by atoms with E-state index in [1.807, 2.05) is 6.07 Å². The molecule has 0 amide bonds. The SMILES string of the molecule is N#Cc1cccc2oc(=O)ccc12. The van der Waals surface area contributed by atoms with Gasteiger partial charge in [0.15, 0.2) is 0 Å². The van der Waals surface area contributed by atoms with Crippen LogP contribution >= 0.6 is 0 Å². The van der Waals surface area contributed by atoms with Gasteiger partial charge >= 0.3 is 5.63 Å². The fourth-order valence-corrected chi connectivity index (χ4v) is 1.20. The Balaban J connectivity index is 2.95. The maximum Gasteiger partial charge on any atom is 0.336 e. The van der Waals surface area contributed by atoms with Crippen LogP contribution in [0.3, 0.4) is 0 Å². The molecule has 3 nitrogen and oxygen atoms in total. The van der Waals surface area contributed by atoms with Crippen LogP contribution < -0.4 is 5.63 Å². The zero-order chi connectivity index (χ0) is 9.26. The standard InChI is InChI=1S/C10H5NO2/c11-6-7-2-1-3-9-8(7)4-5-10(12)13-9/h1-5H. The molecule has 0 bridgehead atoms. The Bertz CT molecular complexity index is 549. The monoisotopic (exact) mass is 171 g/mol. The number of nitrogens with zero attached hydrogens (tertiary/aromatic N) is 1. The van der Waals surface area contributed by atoms with Crippen molar-refractivity contribution < 1.29 is 4.42 Å². The average Bonchev–Trinajstić information content (AvgIpc) is 2.16. The summed E-state index contributed by atoms with van der Waals surface area (Å²) in [6, 6.07) is 9.96. The van der Waals surface area contributed by atoms with E-state index in [0.717, 1.165) is 0 Å². The molecular weight excluding hydrogens is 166 g/mol. The second-order valence-electron chi connectivity index (χ2n) is 2.58. The molecule has 0 spiro atoms. The van der Waals surface area contributed by atoms with E-state index < -0.39 is 5.63 Å². The number of benzene rings is 1. The van der Waals surface area contributed by atoms with Crippen LogP contribution in [0.1, 0.15) is 5.56 Å². The lowest BCUT2D eigenvalue weighted by Crippen LogP contribution is -1.94. The van der Waals surface area contributed by atoms with Crippen LogP contribution in [0, 0.1) is 11.3 Å². The van der Waals surface area contributed by atoms with Crippen LogP contribution in [0.5, 0.6) is 0 Å². The van der Waals surface area contributed by atoms with Gasteiger partial charge in [-0.2, -0.15) is 5.26 Å². The number of hydrogen-bond acceptors (Lipinski definition) is 3. The number of nitriles is 1. The van der Waals surface area contributed by atoms with Gasteiger partial charge < -0.3 is 4.42 Å². The summed E-state index contributed by atoms with van der Waals surface area (Å²) in [6.45, 7) is 0. The second-order valence-corrected chi connectivity index (χ2v) is 2.58. The van der Waals surface area contributed by atoms with Gasteiger partial charge in [0, 0.05) is 11.5 Å². The van der Waals surface area contributed by atoms with Gasteiger partial charge in [-0.1, -0.05) is 6.07 Å². The molecule has 0 radical (unpaired) electrons. The van der Waals surface area contributed by atoms with Crippen LogP contribution in [0.15, 0.2) is 39.5 Å². The van der Waals surface area contributed by atoms with Crippen molar-refractivity contribution in [2.45, 2.75) is 0 Å². The van der Waals surface area contributed by atoms with Crippen molar-refractivity contribution in [3.63, 3.8) is 0 Å². The van der Waals surface area contributed by atoms with Gasteiger partial charge in [0.25, 0.3) is 0 Å². The van der Waals surface area contributed by atoms with Crippen molar-refractivity contribution in [3.8, 4) is 6.07 Å². The molecule has 13 heavy (non-hydrogen) atoms. The summed E-state index contributed by atoms with van der Waals surface area (Å²) in [5.74, 6) is 0. The van der Waals surface area contributed by atoms with Gasteiger partial charge in [0.1, 0.15) is 5.58 Å². The first-order valence-corrected chi connectivity index (χ1v) is 3.74. The summed E-state index contributed by atoms with van der Waals surface area (Å²) >= 11 is 0. The van der Waals surface area contributed by atoms with E-state index in [2.05, 4.69) is 0 Å². The summed E-state index contributed by atoms with van der Waals surface area (Å²) in [7, 11) is 0. The quantitative estimate of drug-likeness (QED) is 0.566. The lowest BCUT2D eigenvalue weighted by molar-refractivity contribution is 0.561. The molecule has 0 fully saturated rings. The normalized spacial score (nSPS) is 9.77. The predicted octanol–water partition coefficient (Wildman–Crippen LogP) is 1.66. The van der Waals surface area contributed by atoms with E-state index in [0.29, 0.717) is 16.5 Å². The lowest BCUT2D eigenvalue weighted by Gasteiger charge is -1.95. The van der Waals surface area contributed by atoms with E-state index >= 15 is 0 Å². The minimum Gasteiger partial charge on any atom is -0.423 e. The van der Waals surface area contributed by atoms with Crippen LogP contribution in [0.25, 0.3) is 11.0 Å². The number of fused-ring (bicyclic) bond motifs is 1. The molecule has 0 aliphatic heterocycles. The number of rotatable bonds is 0. The Labute approximate surface area is 73.8 Å². The maximum atomic E-state index is 10.8. The van der Waals surface area contributed by atoms with E-state index in [1.54, 1.807) is 24.3 Å². The van der Waals surface area contributed by atoms with Crippen molar-refractivity contribution in [1.82, 2.24) is 0 Å². The molecule has 0 saturated heterocycles. The third kappa shape index (κ3) is 1.18. The van der Waals surface area contributed by atoms with Crippen LogP contribution in [-0.2, 0) is 0 Å². The summed E-state index contributed by atoms with van der Waals surface area (Å²) in [4.78, 5) is 10.8. The molecule has 3 heteroatoms. The molecule has 0 atom stereocenters. The molecule has 1 heterocycles. The lowest BCUT2D eigenvalue weighted by atomic mass is 10.1. The van der Waals surface area contributed by atoms with E-state index in [4.69, 9.17) is 9.68 Å². The van der Waals surface area contributed by atoms with Crippen molar-refractivity contribution in [3.05, 3.63) is 46.3 Å².